The van der Waals surface area contributed by atoms with Crippen LogP contribution >= 0.6 is 0 Å². The van der Waals surface area contributed by atoms with E-state index in [-0.39, 0.29) is 48.8 Å². The summed E-state index contributed by atoms with van der Waals surface area (Å²) in [5.74, 6) is -4.09. The summed E-state index contributed by atoms with van der Waals surface area (Å²) in [5.41, 5.74) is 0.759. The highest BCUT2D eigenvalue weighted by Crippen LogP contribution is 2.42. The van der Waals surface area contributed by atoms with E-state index in [1.54, 1.807) is 26.8 Å². The highest BCUT2D eigenvalue weighted by atomic mass is 19.3. The number of pyridine rings is 1. The van der Waals surface area contributed by atoms with E-state index < -0.39 is 29.2 Å². The minimum atomic E-state index is -2.64. The Balaban J connectivity index is 1.45. The van der Waals surface area contributed by atoms with Crippen molar-refractivity contribution in [3.63, 3.8) is 0 Å². The van der Waals surface area contributed by atoms with Gasteiger partial charge in [-0.3, -0.25) is 24.4 Å². The summed E-state index contributed by atoms with van der Waals surface area (Å²) in [6.45, 7) is 10.9. The number of fused-ring (bicyclic) bond motifs is 1. The molecule has 0 unspecified atom stereocenters. The van der Waals surface area contributed by atoms with Crippen LogP contribution < -0.4 is 0 Å². The number of piperazine rings is 1. The number of H-pyrrole nitrogens is 1. The fourth-order valence-corrected chi connectivity index (χ4v) is 5.52. The van der Waals surface area contributed by atoms with Crippen molar-refractivity contribution in [3.05, 3.63) is 40.8 Å². The van der Waals surface area contributed by atoms with Crippen LogP contribution in [0.25, 0.3) is 11.1 Å². The number of nitrogens with one attached hydrogen (secondary N) is 1. The van der Waals surface area contributed by atoms with Crippen LogP contribution in [-0.2, 0) is 10.2 Å². The molecule has 3 aromatic rings. The summed E-state index contributed by atoms with van der Waals surface area (Å²) in [7, 11) is 0. The molecule has 0 radical (unpaired) electrons. The Labute approximate surface area is 230 Å². The Bertz CT molecular complexity index is 1490. The highest BCUT2D eigenvalue weighted by molar-refractivity contribution is 6.08. The average molecular weight is 557 g/mol. The van der Waals surface area contributed by atoms with Gasteiger partial charge >= 0.3 is 0 Å². The summed E-state index contributed by atoms with van der Waals surface area (Å²) in [4.78, 5) is 51.2. The van der Waals surface area contributed by atoms with Crippen molar-refractivity contribution in [3.8, 4) is 0 Å². The van der Waals surface area contributed by atoms with Crippen molar-refractivity contribution in [2.24, 2.45) is 0 Å². The van der Waals surface area contributed by atoms with Crippen LogP contribution in [0.1, 0.15) is 104 Å². The second-order valence-corrected chi connectivity index (χ2v) is 12.3. The molecule has 0 aromatic carbocycles. The fraction of sp³-hybridized carbons (Fsp3) is 0.571. The summed E-state index contributed by atoms with van der Waals surface area (Å²) < 4.78 is 33.7. The number of rotatable bonds is 3. The first kappa shape index (κ1) is 27.9. The molecule has 1 N–H and O–H groups in total. The molecule has 40 heavy (non-hydrogen) atoms. The summed E-state index contributed by atoms with van der Waals surface area (Å²) >= 11 is 0. The second kappa shape index (κ2) is 9.45. The fourth-order valence-electron chi connectivity index (χ4n) is 5.52. The van der Waals surface area contributed by atoms with E-state index in [2.05, 4.69) is 15.2 Å². The molecule has 0 atom stereocenters. The number of alkyl halides is 2. The molecular weight excluding hydrogens is 522 g/mol. The number of furan rings is 1. The van der Waals surface area contributed by atoms with Gasteiger partial charge in [0.2, 0.25) is 11.7 Å². The molecule has 1 aliphatic carbocycles. The number of amides is 3. The van der Waals surface area contributed by atoms with E-state index in [9.17, 15) is 23.2 Å². The Hall–Kier alpha value is -3.70. The van der Waals surface area contributed by atoms with Crippen molar-refractivity contribution in [2.45, 2.75) is 90.0 Å². The Morgan fingerprint density at radius 2 is 1.75 bits per heavy atom. The van der Waals surface area contributed by atoms with Crippen molar-refractivity contribution in [1.29, 1.82) is 0 Å². The minimum absolute atomic E-state index is 0.0190. The molecular formula is C28H34F2N6O4. The van der Waals surface area contributed by atoms with Gasteiger partial charge in [0.25, 0.3) is 17.7 Å². The van der Waals surface area contributed by atoms with Gasteiger partial charge in [0.15, 0.2) is 11.3 Å². The Morgan fingerprint density at radius 3 is 2.35 bits per heavy atom. The maximum atomic E-state index is 13.8. The Kier molecular flexibility index (Phi) is 6.58. The zero-order chi connectivity index (χ0) is 29.2. The average Bonchev–Trinajstić information content (AvgIpc) is 3.50. The van der Waals surface area contributed by atoms with Gasteiger partial charge in [-0.25, -0.2) is 18.7 Å². The van der Waals surface area contributed by atoms with Gasteiger partial charge < -0.3 is 9.32 Å². The molecule has 1 saturated carbocycles. The monoisotopic (exact) mass is 556 g/mol. The summed E-state index contributed by atoms with van der Waals surface area (Å²) in [6.07, 6.45) is 0.326. The van der Waals surface area contributed by atoms with Crippen molar-refractivity contribution in [2.75, 3.05) is 13.1 Å². The lowest BCUT2D eigenvalue weighted by atomic mass is 9.81. The van der Waals surface area contributed by atoms with Gasteiger partial charge in [0.1, 0.15) is 16.9 Å². The van der Waals surface area contributed by atoms with E-state index >= 15 is 0 Å². The first-order chi connectivity index (χ1) is 18.6. The molecule has 1 saturated heterocycles. The quantitative estimate of drug-likeness (QED) is 0.462. The van der Waals surface area contributed by atoms with Crippen LogP contribution in [0.4, 0.5) is 8.78 Å². The molecule has 0 bridgehead atoms. The standard InChI is InChI=1S/C28H34F2N6O4/c1-15-31-22(34-33-15)24(38)35-11-12-36(27(5,6)25(35)39)23(37)20-14-19-21(40-20)17(26(2,3)4)13-18(32-19)16-7-9-28(29,30)10-8-16/h13-14,16H,7-12H2,1-6H3,(H,31,33,34). The molecule has 12 heteroatoms. The van der Waals surface area contributed by atoms with Gasteiger partial charge in [-0.2, -0.15) is 0 Å². The van der Waals surface area contributed by atoms with Crippen molar-refractivity contribution >= 4 is 28.8 Å². The number of carbonyl (C=O) groups excluding carboxylic acids is 3. The number of hydrogen-bond donors (Lipinski definition) is 1. The molecule has 1 aliphatic heterocycles. The van der Waals surface area contributed by atoms with Crippen LogP contribution in [0.2, 0.25) is 0 Å². The summed E-state index contributed by atoms with van der Waals surface area (Å²) in [6, 6.07) is 3.47. The molecule has 4 heterocycles. The molecule has 214 valence electrons. The predicted octanol–water partition coefficient (Wildman–Crippen LogP) is 4.75. The molecule has 2 fully saturated rings. The first-order valence-electron chi connectivity index (χ1n) is 13.5. The molecule has 3 amide bonds. The number of nitrogens with zero attached hydrogens (tertiary/aromatic N) is 5. The zero-order valence-corrected chi connectivity index (χ0v) is 23.6. The number of halogens is 2. The van der Waals surface area contributed by atoms with Gasteiger partial charge in [-0.1, -0.05) is 20.8 Å². The second-order valence-electron chi connectivity index (χ2n) is 12.3. The molecule has 2 aliphatic rings. The normalized spacial score (nSPS) is 19.9. The smallest absolute Gasteiger partial charge is 0.300 e. The number of aromatic nitrogens is 4. The van der Waals surface area contributed by atoms with Crippen LogP contribution in [0, 0.1) is 6.92 Å². The lowest BCUT2D eigenvalue weighted by molar-refractivity contribution is -0.143. The van der Waals surface area contributed by atoms with Gasteiger partial charge in [-0.15, -0.1) is 5.10 Å². The third-order valence-corrected chi connectivity index (χ3v) is 7.92. The summed E-state index contributed by atoms with van der Waals surface area (Å²) in [5, 5.41) is 6.45. The molecule has 0 spiro atoms. The largest absolute Gasteiger partial charge is 0.449 e. The number of hydrogen-bond acceptors (Lipinski definition) is 7. The predicted molar refractivity (Wildman–Crippen MR) is 141 cm³/mol. The van der Waals surface area contributed by atoms with Gasteiger partial charge in [0, 0.05) is 49.2 Å². The van der Waals surface area contributed by atoms with Crippen LogP contribution in [0.5, 0.6) is 0 Å². The molecule has 3 aromatic heterocycles. The third-order valence-electron chi connectivity index (χ3n) is 7.92. The maximum absolute atomic E-state index is 13.8. The van der Waals surface area contributed by atoms with Crippen LogP contribution in [-0.4, -0.2) is 72.2 Å². The third kappa shape index (κ3) is 4.88. The van der Waals surface area contributed by atoms with Gasteiger partial charge in [-0.05, 0) is 45.1 Å². The number of aromatic amines is 1. The lowest BCUT2D eigenvalue weighted by Gasteiger charge is -2.44. The van der Waals surface area contributed by atoms with E-state index in [0.29, 0.717) is 29.8 Å². The number of carbonyl (C=O) groups is 3. The SMILES string of the molecule is Cc1nc(C(=O)N2CCN(C(=O)c3cc4nc(C5CCC(F)(F)CC5)cc(C(C)(C)C)c4o3)C(C)(C)C2=O)n[nH]1. The van der Waals surface area contributed by atoms with Gasteiger partial charge in [0.05, 0.1) is 0 Å². The number of aryl methyl sites for hydroxylation is 1. The van der Waals surface area contributed by atoms with Crippen molar-refractivity contribution < 1.29 is 27.6 Å². The number of imide groups is 1. The molecule has 10 nitrogen and oxygen atoms in total. The topological polar surface area (TPSA) is 125 Å². The maximum Gasteiger partial charge on any atom is 0.300 e. The van der Waals surface area contributed by atoms with Crippen LogP contribution in [0.15, 0.2) is 16.5 Å². The highest BCUT2D eigenvalue weighted by Gasteiger charge is 2.48. The lowest BCUT2D eigenvalue weighted by Crippen LogP contribution is -2.65. The van der Waals surface area contributed by atoms with E-state index in [1.165, 1.54) is 4.90 Å². The molecule has 5 rings (SSSR count). The van der Waals surface area contributed by atoms with E-state index in [0.717, 1.165) is 16.2 Å². The van der Waals surface area contributed by atoms with E-state index in [4.69, 9.17) is 9.40 Å². The Morgan fingerprint density at radius 1 is 1.07 bits per heavy atom. The van der Waals surface area contributed by atoms with E-state index in [1.807, 2.05) is 26.8 Å². The van der Waals surface area contributed by atoms with Crippen molar-refractivity contribution in [1.82, 2.24) is 30.0 Å². The zero-order valence-electron chi connectivity index (χ0n) is 23.6. The van der Waals surface area contributed by atoms with Crippen LogP contribution in [0.3, 0.4) is 0 Å². The first-order valence-corrected chi connectivity index (χ1v) is 13.5. The minimum Gasteiger partial charge on any atom is -0.449 e.